The van der Waals surface area contributed by atoms with E-state index in [0.29, 0.717) is 31.7 Å². The van der Waals surface area contributed by atoms with Crippen LogP contribution in [0.15, 0.2) is 42.5 Å². The van der Waals surface area contributed by atoms with Crippen molar-refractivity contribution in [2.24, 2.45) is 5.41 Å². The van der Waals surface area contributed by atoms with Gasteiger partial charge >= 0.3 is 12.2 Å². The van der Waals surface area contributed by atoms with Crippen LogP contribution in [0.3, 0.4) is 0 Å². The minimum absolute atomic E-state index is 0.0523. The van der Waals surface area contributed by atoms with Gasteiger partial charge in [0.1, 0.15) is 0 Å². The molecule has 224 valence electrons. The van der Waals surface area contributed by atoms with Crippen molar-refractivity contribution in [1.82, 2.24) is 20.4 Å². The Balaban J connectivity index is 1.64. The Labute approximate surface area is 239 Å². The molecule has 3 N–H and O–H groups in total. The summed E-state index contributed by atoms with van der Waals surface area (Å²) in [5.41, 5.74) is -0.673. The van der Waals surface area contributed by atoms with Crippen LogP contribution in [0, 0.1) is 5.41 Å². The van der Waals surface area contributed by atoms with Gasteiger partial charge in [-0.2, -0.15) is 13.2 Å². The summed E-state index contributed by atoms with van der Waals surface area (Å²) in [6.45, 7) is 13.8. The number of benzene rings is 2. The van der Waals surface area contributed by atoms with Crippen LogP contribution in [0.4, 0.5) is 23.7 Å². The molecule has 0 saturated carbocycles. The van der Waals surface area contributed by atoms with Crippen LogP contribution in [-0.4, -0.2) is 65.9 Å². The Morgan fingerprint density at radius 2 is 1.54 bits per heavy atom. The second-order valence-electron chi connectivity index (χ2n) is 12.6. The first-order valence-corrected chi connectivity index (χ1v) is 13.6. The maximum atomic E-state index is 13.9. The largest absolute Gasteiger partial charge is 0.417 e. The standard InChI is InChI=1S/C30H40F3N5O3/c1-28(2,3)19-34-27(41)35-22-10-11-23(24(17-22)30(31,32)33)26(40)38-14-12-37(13-15-38)18-20-8-7-9-21(16-20)25(39)36-29(4,5)6/h7-11,16-17H,12-15,18-19H2,1-6H3,(H,36,39)(H2,34,35,41). The van der Waals surface area contributed by atoms with Gasteiger partial charge in [0.15, 0.2) is 0 Å². The molecule has 1 saturated heterocycles. The number of hydrogen-bond donors (Lipinski definition) is 3. The molecule has 1 aliphatic heterocycles. The zero-order valence-corrected chi connectivity index (χ0v) is 24.5. The van der Waals surface area contributed by atoms with Crippen molar-refractivity contribution in [1.29, 1.82) is 0 Å². The summed E-state index contributed by atoms with van der Waals surface area (Å²) in [5, 5.41) is 7.98. The molecule has 0 spiro atoms. The number of carbonyl (C=O) groups excluding carboxylic acids is 3. The van der Waals surface area contributed by atoms with Crippen LogP contribution < -0.4 is 16.0 Å². The van der Waals surface area contributed by atoms with E-state index in [2.05, 4.69) is 20.9 Å². The van der Waals surface area contributed by atoms with Crippen LogP contribution in [0.2, 0.25) is 0 Å². The monoisotopic (exact) mass is 575 g/mol. The summed E-state index contributed by atoms with van der Waals surface area (Å²) in [7, 11) is 0. The van der Waals surface area contributed by atoms with Crippen LogP contribution in [0.5, 0.6) is 0 Å². The summed E-state index contributed by atoms with van der Waals surface area (Å²) in [6, 6.07) is 9.90. The molecule has 0 bridgehead atoms. The maximum Gasteiger partial charge on any atom is 0.417 e. The van der Waals surface area contributed by atoms with Gasteiger partial charge in [0.05, 0.1) is 11.1 Å². The van der Waals surface area contributed by atoms with Gasteiger partial charge in [-0.05, 0) is 62.1 Å². The van der Waals surface area contributed by atoms with Crippen molar-refractivity contribution < 1.29 is 27.6 Å². The van der Waals surface area contributed by atoms with E-state index in [1.54, 1.807) is 6.07 Å². The molecule has 11 heteroatoms. The third-order valence-electron chi connectivity index (χ3n) is 6.34. The maximum absolute atomic E-state index is 13.9. The zero-order valence-electron chi connectivity index (χ0n) is 24.5. The fraction of sp³-hybridized carbons (Fsp3) is 0.500. The van der Waals surface area contributed by atoms with Crippen LogP contribution in [0.25, 0.3) is 0 Å². The molecule has 1 aliphatic rings. The fourth-order valence-corrected chi connectivity index (χ4v) is 4.33. The van der Waals surface area contributed by atoms with Gasteiger partial charge in [-0.1, -0.05) is 32.9 Å². The number of urea groups is 1. The number of hydrogen-bond acceptors (Lipinski definition) is 4. The molecule has 0 aromatic heterocycles. The van der Waals surface area contributed by atoms with E-state index in [9.17, 15) is 27.6 Å². The zero-order chi connectivity index (χ0) is 30.6. The van der Waals surface area contributed by atoms with Crippen molar-refractivity contribution in [3.8, 4) is 0 Å². The molecular weight excluding hydrogens is 535 g/mol. The first-order chi connectivity index (χ1) is 18.9. The van der Waals surface area contributed by atoms with Gasteiger partial charge in [-0.3, -0.25) is 14.5 Å². The lowest BCUT2D eigenvalue weighted by molar-refractivity contribution is -0.138. The number of alkyl halides is 3. The van der Waals surface area contributed by atoms with Crippen LogP contribution >= 0.6 is 0 Å². The molecule has 1 fully saturated rings. The number of anilines is 1. The molecule has 0 atom stereocenters. The highest BCUT2D eigenvalue weighted by atomic mass is 19.4. The summed E-state index contributed by atoms with van der Waals surface area (Å²) in [6.07, 6.45) is -4.78. The Morgan fingerprint density at radius 1 is 0.878 bits per heavy atom. The van der Waals surface area contributed by atoms with Gasteiger partial charge in [0.2, 0.25) is 0 Å². The lowest BCUT2D eigenvalue weighted by atomic mass is 9.97. The molecule has 3 rings (SSSR count). The molecule has 0 unspecified atom stereocenters. The molecule has 8 nitrogen and oxygen atoms in total. The molecule has 0 radical (unpaired) electrons. The van der Waals surface area contributed by atoms with Crippen molar-refractivity contribution in [3.63, 3.8) is 0 Å². The molecule has 1 heterocycles. The highest BCUT2D eigenvalue weighted by molar-refractivity contribution is 5.97. The quantitative estimate of drug-likeness (QED) is 0.433. The van der Waals surface area contributed by atoms with Crippen molar-refractivity contribution in [3.05, 3.63) is 64.7 Å². The van der Waals surface area contributed by atoms with E-state index in [-0.39, 0.29) is 35.6 Å². The van der Waals surface area contributed by atoms with Gasteiger partial charge in [0.25, 0.3) is 11.8 Å². The minimum atomic E-state index is -4.78. The third kappa shape index (κ3) is 9.77. The van der Waals surface area contributed by atoms with E-state index in [0.717, 1.165) is 17.7 Å². The topological polar surface area (TPSA) is 93.8 Å². The van der Waals surface area contributed by atoms with Crippen LogP contribution in [-0.2, 0) is 12.7 Å². The third-order valence-corrected chi connectivity index (χ3v) is 6.34. The summed E-state index contributed by atoms with van der Waals surface area (Å²) >= 11 is 0. The average Bonchev–Trinajstić information content (AvgIpc) is 2.86. The average molecular weight is 576 g/mol. The smallest absolute Gasteiger partial charge is 0.347 e. The molecular formula is C30H40F3N5O3. The number of amides is 4. The summed E-state index contributed by atoms with van der Waals surface area (Å²) in [4.78, 5) is 41.4. The molecule has 0 aliphatic carbocycles. The number of piperazine rings is 1. The van der Waals surface area contributed by atoms with E-state index >= 15 is 0 Å². The van der Waals surface area contributed by atoms with E-state index in [4.69, 9.17) is 0 Å². The Morgan fingerprint density at radius 3 is 2.12 bits per heavy atom. The van der Waals surface area contributed by atoms with Gasteiger partial charge in [-0.25, -0.2) is 4.79 Å². The normalized spacial score (nSPS) is 14.9. The lowest BCUT2D eigenvalue weighted by Crippen LogP contribution is -2.48. The van der Waals surface area contributed by atoms with Gasteiger partial charge < -0.3 is 20.9 Å². The summed E-state index contributed by atoms with van der Waals surface area (Å²) in [5.74, 6) is -0.872. The highest BCUT2D eigenvalue weighted by Crippen LogP contribution is 2.34. The predicted octanol–water partition coefficient (Wildman–Crippen LogP) is 5.36. The number of nitrogens with one attached hydrogen (secondary N) is 3. The molecule has 2 aromatic rings. The first kappa shape index (κ1) is 31.9. The SMILES string of the molecule is CC(C)(C)CNC(=O)Nc1ccc(C(=O)N2CCN(Cc3cccc(C(=O)NC(C)(C)C)c3)CC2)c(C(F)(F)F)c1. The Bertz CT molecular complexity index is 1260. The first-order valence-electron chi connectivity index (χ1n) is 13.6. The highest BCUT2D eigenvalue weighted by Gasteiger charge is 2.37. The minimum Gasteiger partial charge on any atom is -0.347 e. The van der Waals surface area contributed by atoms with Gasteiger partial charge in [0, 0.05) is 56.1 Å². The molecule has 4 amide bonds. The second kappa shape index (κ2) is 12.5. The number of halogens is 3. The summed E-state index contributed by atoms with van der Waals surface area (Å²) < 4.78 is 41.8. The van der Waals surface area contributed by atoms with E-state index < -0.39 is 29.2 Å². The second-order valence-corrected chi connectivity index (χ2v) is 12.6. The van der Waals surface area contributed by atoms with E-state index in [1.165, 1.54) is 11.0 Å². The Kier molecular flexibility index (Phi) is 9.73. The predicted molar refractivity (Wildman–Crippen MR) is 153 cm³/mol. The Hall–Kier alpha value is -3.60. The molecule has 41 heavy (non-hydrogen) atoms. The number of carbonyl (C=O) groups is 3. The van der Waals surface area contributed by atoms with E-state index in [1.807, 2.05) is 59.7 Å². The van der Waals surface area contributed by atoms with Crippen molar-refractivity contribution in [2.75, 3.05) is 38.0 Å². The fourth-order valence-electron chi connectivity index (χ4n) is 4.33. The number of nitrogens with zero attached hydrogens (tertiary/aromatic N) is 2. The number of rotatable bonds is 6. The van der Waals surface area contributed by atoms with Crippen molar-refractivity contribution in [2.45, 2.75) is 59.8 Å². The lowest BCUT2D eigenvalue weighted by Gasteiger charge is -2.35. The molecule has 2 aromatic carbocycles. The van der Waals surface area contributed by atoms with Crippen molar-refractivity contribution >= 4 is 23.5 Å². The van der Waals surface area contributed by atoms with Gasteiger partial charge in [-0.15, -0.1) is 0 Å². The van der Waals surface area contributed by atoms with Crippen LogP contribution in [0.1, 0.15) is 73.4 Å².